The van der Waals surface area contributed by atoms with Crippen LogP contribution in [0.5, 0.6) is 0 Å². The third-order valence-corrected chi connectivity index (χ3v) is 2.32. The van der Waals surface area contributed by atoms with Gasteiger partial charge in [0.05, 0.1) is 5.56 Å². The molecule has 0 atom stereocenters. The predicted octanol–water partition coefficient (Wildman–Crippen LogP) is 1.62. The Labute approximate surface area is 98.7 Å². The maximum atomic E-state index is 11.9. The van der Waals surface area contributed by atoms with Gasteiger partial charge in [-0.1, -0.05) is 6.07 Å². The van der Waals surface area contributed by atoms with E-state index in [-0.39, 0.29) is 11.7 Å². The summed E-state index contributed by atoms with van der Waals surface area (Å²) in [6.07, 6.45) is 3.16. The lowest BCUT2D eigenvalue weighted by Crippen LogP contribution is -2.16. The van der Waals surface area contributed by atoms with Crippen molar-refractivity contribution in [2.24, 2.45) is 0 Å². The van der Waals surface area contributed by atoms with Gasteiger partial charge in [-0.3, -0.25) is 4.79 Å². The summed E-state index contributed by atoms with van der Waals surface area (Å²) in [6.45, 7) is 1.87. The zero-order valence-corrected chi connectivity index (χ0v) is 9.34. The molecular formula is C12H12N4O. The number of rotatable bonds is 2. The molecule has 0 fully saturated rings. The van der Waals surface area contributed by atoms with Crippen molar-refractivity contribution in [2.75, 3.05) is 11.1 Å². The molecule has 2 rings (SSSR count). The fraction of sp³-hybridized carbons (Fsp3) is 0.0833. The van der Waals surface area contributed by atoms with E-state index in [9.17, 15) is 4.79 Å². The lowest BCUT2D eigenvalue weighted by molar-refractivity contribution is 0.102. The van der Waals surface area contributed by atoms with Crippen molar-refractivity contribution >= 4 is 17.5 Å². The molecule has 2 heterocycles. The predicted molar refractivity (Wildman–Crippen MR) is 65.6 cm³/mol. The number of carbonyl (C=O) groups is 1. The monoisotopic (exact) mass is 228 g/mol. The molecule has 0 bridgehead atoms. The van der Waals surface area contributed by atoms with Gasteiger partial charge < -0.3 is 11.1 Å². The minimum atomic E-state index is -0.308. The molecule has 0 aliphatic carbocycles. The van der Waals surface area contributed by atoms with Crippen LogP contribution < -0.4 is 11.1 Å². The van der Waals surface area contributed by atoms with Crippen molar-refractivity contribution in [1.82, 2.24) is 9.97 Å². The Balaban J connectivity index is 2.24. The minimum Gasteiger partial charge on any atom is -0.383 e. The number of aryl methyl sites for hydroxylation is 1. The molecule has 5 nitrogen and oxygen atoms in total. The van der Waals surface area contributed by atoms with Crippen LogP contribution in [0.25, 0.3) is 0 Å². The topological polar surface area (TPSA) is 80.9 Å². The van der Waals surface area contributed by atoms with Crippen molar-refractivity contribution in [2.45, 2.75) is 6.92 Å². The Bertz CT molecular complexity index is 554. The molecule has 17 heavy (non-hydrogen) atoms. The van der Waals surface area contributed by atoms with E-state index in [0.29, 0.717) is 11.4 Å². The van der Waals surface area contributed by atoms with E-state index in [1.165, 1.54) is 6.20 Å². The van der Waals surface area contributed by atoms with Crippen LogP contribution in [0.3, 0.4) is 0 Å². The zero-order chi connectivity index (χ0) is 12.3. The van der Waals surface area contributed by atoms with Gasteiger partial charge in [0.25, 0.3) is 5.91 Å². The molecule has 0 unspecified atom stereocenters. The van der Waals surface area contributed by atoms with Gasteiger partial charge in [0, 0.05) is 12.4 Å². The molecule has 0 aliphatic heterocycles. The highest BCUT2D eigenvalue weighted by atomic mass is 16.1. The van der Waals surface area contributed by atoms with Gasteiger partial charge in [-0.25, -0.2) is 9.97 Å². The Morgan fingerprint density at radius 3 is 2.65 bits per heavy atom. The largest absolute Gasteiger partial charge is 0.383 e. The van der Waals surface area contributed by atoms with Crippen molar-refractivity contribution < 1.29 is 4.79 Å². The van der Waals surface area contributed by atoms with Crippen LogP contribution >= 0.6 is 0 Å². The third-order valence-electron chi connectivity index (χ3n) is 2.32. The van der Waals surface area contributed by atoms with Gasteiger partial charge in [-0.05, 0) is 30.7 Å². The number of hydrogen-bond acceptors (Lipinski definition) is 4. The number of nitrogens with one attached hydrogen (secondary N) is 1. The van der Waals surface area contributed by atoms with Crippen molar-refractivity contribution in [3.63, 3.8) is 0 Å². The fourth-order valence-corrected chi connectivity index (χ4v) is 1.40. The van der Waals surface area contributed by atoms with Gasteiger partial charge in [0.1, 0.15) is 11.6 Å². The van der Waals surface area contributed by atoms with Crippen LogP contribution in [0.1, 0.15) is 15.9 Å². The first kappa shape index (κ1) is 11.1. The minimum absolute atomic E-state index is 0.207. The van der Waals surface area contributed by atoms with E-state index in [1.54, 1.807) is 18.3 Å². The van der Waals surface area contributed by atoms with E-state index in [1.807, 2.05) is 19.1 Å². The van der Waals surface area contributed by atoms with Gasteiger partial charge in [0.15, 0.2) is 0 Å². The van der Waals surface area contributed by atoms with Crippen LogP contribution in [-0.4, -0.2) is 15.9 Å². The van der Waals surface area contributed by atoms with Crippen LogP contribution in [0.2, 0.25) is 0 Å². The Kier molecular flexibility index (Phi) is 3.00. The van der Waals surface area contributed by atoms with Gasteiger partial charge in [-0.15, -0.1) is 0 Å². The Hall–Kier alpha value is -2.43. The summed E-state index contributed by atoms with van der Waals surface area (Å²) in [7, 11) is 0. The second-order valence-electron chi connectivity index (χ2n) is 3.56. The maximum absolute atomic E-state index is 11.9. The van der Waals surface area contributed by atoms with E-state index >= 15 is 0 Å². The number of nitrogens with zero attached hydrogens (tertiary/aromatic N) is 2. The molecule has 3 N–H and O–H groups in total. The molecule has 0 radical (unpaired) electrons. The van der Waals surface area contributed by atoms with E-state index in [2.05, 4.69) is 15.3 Å². The molecule has 0 saturated heterocycles. The molecule has 2 aromatic heterocycles. The van der Waals surface area contributed by atoms with E-state index in [0.717, 1.165) is 5.56 Å². The van der Waals surface area contributed by atoms with Gasteiger partial charge >= 0.3 is 0 Å². The fourth-order valence-electron chi connectivity index (χ4n) is 1.40. The first-order valence-corrected chi connectivity index (χ1v) is 5.12. The molecule has 0 aromatic carbocycles. The number of nitrogens with two attached hydrogens (primary N) is 1. The normalized spacial score (nSPS) is 9.94. The summed E-state index contributed by atoms with van der Waals surface area (Å²) < 4.78 is 0. The maximum Gasteiger partial charge on any atom is 0.260 e. The number of hydrogen-bond donors (Lipinski definition) is 2. The molecule has 0 aliphatic rings. The number of pyridine rings is 2. The van der Waals surface area contributed by atoms with Crippen LogP contribution in [-0.2, 0) is 0 Å². The Morgan fingerprint density at radius 2 is 1.94 bits per heavy atom. The molecule has 1 amide bonds. The first-order valence-electron chi connectivity index (χ1n) is 5.12. The third kappa shape index (κ3) is 2.39. The summed E-state index contributed by atoms with van der Waals surface area (Å²) in [6, 6.07) is 6.96. The molecule has 86 valence electrons. The number of carbonyl (C=O) groups excluding carboxylic acids is 1. The lowest BCUT2D eigenvalue weighted by Gasteiger charge is -2.07. The lowest BCUT2D eigenvalue weighted by atomic mass is 10.2. The SMILES string of the molecule is Cc1cccnc1NC(=O)c1cccnc1N. The highest BCUT2D eigenvalue weighted by Crippen LogP contribution is 2.13. The smallest absolute Gasteiger partial charge is 0.260 e. The van der Waals surface area contributed by atoms with Crippen molar-refractivity contribution in [3.8, 4) is 0 Å². The molecule has 2 aromatic rings. The second-order valence-corrected chi connectivity index (χ2v) is 3.56. The number of aromatic nitrogens is 2. The highest BCUT2D eigenvalue weighted by molar-refractivity contribution is 6.06. The summed E-state index contributed by atoms with van der Waals surface area (Å²) in [5.74, 6) is 0.428. The first-order chi connectivity index (χ1) is 8.18. The average molecular weight is 228 g/mol. The van der Waals surface area contributed by atoms with E-state index in [4.69, 9.17) is 5.73 Å². The summed E-state index contributed by atoms with van der Waals surface area (Å²) in [4.78, 5) is 19.9. The van der Waals surface area contributed by atoms with Crippen molar-refractivity contribution in [1.29, 1.82) is 0 Å². The Morgan fingerprint density at radius 1 is 1.24 bits per heavy atom. The zero-order valence-electron chi connectivity index (χ0n) is 9.34. The molecule has 0 saturated carbocycles. The van der Waals surface area contributed by atoms with Crippen LogP contribution in [0, 0.1) is 6.92 Å². The second kappa shape index (κ2) is 4.61. The number of nitrogen functional groups attached to an aromatic ring is 1. The van der Waals surface area contributed by atoms with E-state index < -0.39 is 0 Å². The van der Waals surface area contributed by atoms with Crippen LogP contribution in [0.4, 0.5) is 11.6 Å². The van der Waals surface area contributed by atoms with Gasteiger partial charge in [0.2, 0.25) is 0 Å². The summed E-state index contributed by atoms with van der Waals surface area (Å²) in [5.41, 5.74) is 6.86. The standard InChI is InChI=1S/C12H12N4O/c1-8-4-2-7-15-11(8)16-12(17)9-5-3-6-14-10(9)13/h2-7H,1H3,(H2,13,14)(H,15,16,17). The number of anilines is 2. The number of amides is 1. The average Bonchev–Trinajstić information content (AvgIpc) is 2.32. The summed E-state index contributed by atoms with van der Waals surface area (Å²) in [5, 5.41) is 2.70. The highest BCUT2D eigenvalue weighted by Gasteiger charge is 2.11. The molecular weight excluding hydrogens is 216 g/mol. The van der Waals surface area contributed by atoms with Crippen molar-refractivity contribution in [3.05, 3.63) is 47.8 Å². The summed E-state index contributed by atoms with van der Waals surface area (Å²) >= 11 is 0. The molecule has 0 spiro atoms. The van der Waals surface area contributed by atoms with Gasteiger partial charge in [-0.2, -0.15) is 0 Å². The quantitative estimate of drug-likeness (QED) is 0.818. The van der Waals surface area contributed by atoms with Crippen LogP contribution in [0.15, 0.2) is 36.7 Å². The molecule has 5 heteroatoms.